The molecular weight excluding hydrogens is 428 g/mol. The van der Waals surface area contributed by atoms with E-state index in [1.807, 2.05) is 31.2 Å². The van der Waals surface area contributed by atoms with Crippen molar-refractivity contribution >= 4 is 35.5 Å². The predicted octanol–water partition coefficient (Wildman–Crippen LogP) is 2.73. The summed E-state index contributed by atoms with van der Waals surface area (Å²) in [5.41, 5.74) is 2.87. The fourth-order valence-corrected chi connectivity index (χ4v) is 6.34. The Morgan fingerprint density at radius 3 is 2.38 bits per heavy atom. The number of carbonyl (C=O) groups excluding carboxylic acids is 4. The summed E-state index contributed by atoms with van der Waals surface area (Å²) in [4.78, 5) is 52.8. The SMILES string of the molecule is Cc1ccc(C23CCC(=O)N2C(C(=O)OCCN2C(=O)c4ccccc4C2=O)CS3)cc1. The number of rotatable bonds is 5. The molecule has 3 heterocycles. The van der Waals surface area contributed by atoms with Crippen molar-refractivity contribution in [1.29, 1.82) is 0 Å². The first kappa shape index (κ1) is 20.8. The van der Waals surface area contributed by atoms with Crippen LogP contribution in [0.4, 0.5) is 0 Å². The van der Waals surface area contributed by atoms with Crippen LogP contribution in [-0.4, -0.2) is 58.4 Å². The third-order valence-corrected chi connectivity index (χ3v) is 7.94. The number of hydrogen-bond acceptors (Lipinski definition) is 6. The summed E-state index contributed by atoms with van der Waals surface area (Å²) >= 11 is 1.60. The number of benzene rings is 2. The normalized spacial score (nSPS) is 24.2. The van der Waals surface area contributed by atoms with E-state index in [0.29, 0.717) is 29.7 Å². The van der Waals surface area contributed by atoms with Gasteiger partial charge >= 0.3 is 5.97 Å². The molecule has 2 unspecified atom stereocenters. The van der Waals surface area contributed by atoms with Crippen molar-refractivity contribution in [3.05, 3.63) is 70.8 Å². The Kier molecular flexibility index (Phi) is 5.04. The van der Waals surface area contributed by atoms with Crippen molar-refractivity contribution in [3.8, 4) is 0 Å². The second-order valence-corrected chi connectivity index (χ2v) is 9.51. The molecule has 32 heavy (non-hydrogen) atoms. The van der Waals surface area contributed by atoms with E-state index in [4.69, 9.17) is 4.74 Å². The fraction of sp³-hybridized carbons (Fsp3) is 0.333. The van der Waals surface area contributed by atoms with E-state index in [1.54, 1.807) is 40.9 Å². The van der Waals surface area contributed by atoms with E-state index in [9.17, 15) is 19.2 Å². The Labute approximate surface area is 189 Å². The highest BCUT2D eigenvalue weighted by Crippen LogP contribution is 2.54. The van der Waals surface area contributed by atoms with Crippen molar-refractivity contribution in [2.24, 2.45) is 0 Å². The summed E-state index contributed by atoms with van der Waals surface area (Å²) in [7, 11) is 0. The molecule has 2 atom stereocenters. The number of nitrogens with zero attached hydrogens (tertiary/aromatic N) is 2. The van der Waals surface area contributed by atoms with Gasteiger partial charge in [-0.05, 0) is 31.0 Å². The standard InChI is InChI=1S/C24H22N2O5S/c1-15-6-8-16(9-7-15)24-11-10-20(27)26(24)19(14-32-24)23(30)31-13-12-25-21(28)17-4-2-3-5-18(17)22(25)29/h2-9,19H,10-14H2,1H3. The molecule has 3 aliphatic rings. The van der Waals surface area contributed by atoms with Gasteiger partial charge in [0.25, 0.3) is 11.8 Å². The topological polar surface area (TPSA) is 84.0 Å². The summed E-state index contributed by atoms with van der Waals surface area (Å²) in [6.45, 7) is 1.88. The molecule has 0 radical (unpaired) electrons. The zero-order valence-corrected chi connectivity index (χ0v) is 18.4. The monoisotopic (exact) mass is 450 g/mol. The minimum atomic E-state index is -0.682. The molecule has 0 aliphatic carbocycles. The first-order chi connectivity index (χ1) is 15.4. The lowest BCUT2D eigenvalue weighted by atomic mass is 10.0. The highest BCUT2D eigenvalue weighted by atomic mass is 32.2. The number of ether oxygens (including phenoxy) is 1. The van der Waals surface area contributed by atoms with Gasteiger partial charge in [0.15, 0.2) is 0 Å². The van der Waals surface area contributed by atoms with E-state index in [0.717, 1.165) is 16.0 Å². The van der Waals surface area contributed by atoms with Crippen LogP contribution in [0.3, 0.4) is 0 Å². The highest BCUT2D eigenvalue weighted by molar-refractivity contribution is 8.00. The third-order valence-electron chi connectivity index (χ3n) is 6.34. The van der Waals surface area contributed by atoms with Crippen LogP contribution in [-0.2, 0) is 19.2 Å². The van der Waals surface area contributed by atoms with Gasteiger partial charge < -0.3 is 9.64 Å². The van der Waals surface area contributed by atoms with E-state index >= 15 is 0 Å². The third kappa shape index (κ3) is 3.12. The van der Waals surface area contributed by atoms with E-state index in [-0.39, 0.29) is 30.9 Å². The zero-order valence-electron chi connectivity index (χ0n) is 17.6. The minimum absolute atomic E-state index is 0.0188. The van der Waals surface area contributed by atoms with Crippen LogP contribution in [0.25, 0.3) is 0 Å². The first-order valence-corrected chi connectivity index (χ1v) is 11.6. The lowest BCUT2D eigenvalue weighted by Crippen LogP contribution is -2.47. The average Bonchev–Trinajstić information content (AvgIpc) is 3.42. The maximum Gasteiger partial charge on any atom is 0.329 e. The summed E-state index contributed by atoms with van der Waals surface area (Å²) in [5.74, 6) is -0.876. The molecule has 0 N–H and O–H groups in total. The van der Waals surface area contributed by atoms with Crippen LogP contribution in [0, 0.1) is 6.92 Å². The number of carbonyl (C=O) groups is 4. The van der Waals surface area contributed by atoms with E-state index in [1.165, 1.54) is 0 Å². The molecular formula is C24H22N2O5S. The smallest absolute Gasteiger partial charge is 0.329 e. The first-order valence-electron chi connectivity index (χ1n) is 10.6. The van der Waals surface area contributed by atoms with Gasteiger partial charge in [-0.1, -0.05) is 42.0 Å². The number of aryl methyl sites for hydroxylation is 1. The van der Waals surface area contributed by atoms with Crippen LogP contribution in [0.1, 0.15) is 44.7 Å². The molecule has 2 aromatic carbocycles. The number of amides is 3. The summed E-state index contributed by atoms with van der Waals surface area (Å²) < 4.78 is 5.45. The number of esters is 1. The lowest BCUT2D eigenvalue weighted by molar-refractivity contribution is -0.154. The number of fused-ring (bicyclic) bond motifs is 2. The molecule has 0 aromatic heterocycles. The molecule has 0 saturated carbocycles. The lowest BCUT2D eigenvalue weighted by Gasteiger charge is -2.33. The van der Waals surface area contributed by atoms with Gasteiger partial charge in [-0.25, -0.2) is 4.79 Å². The molecule has 0 spiro atoms. The van der Waals surface area contributed by atoms with Gasteiger partial charge in [-0.2, -0.15) is 0 Å². The summed E-state index contributed by atoms with van der Waals surface area (Å²) in [5, 5.41) is 0. The van der Waals surface area contributed by atoms with E-state index in [2.05, 4.69) is 0 Å². The van der Waals surface area contributed by atoms with Crippen molar-refractivity contribution in [3.63, 3.8) is 0 Å². The Morgan fingerprint density at radius 1 is 1.06 bits per heavy atom. The van der Waals surface area contributed by atoms with Crippen molar-refractivity contribution < 1.29 is 23.9 Å². The zero-order chi connectivity index (χ0) is 22.5. The molecule has 3 aliphatic heterocycles. The quantitative estimate of drug-likeness (QED) is 0.515. The number of thioether (sulfide) groups is 1. The Balaban J connectivity index is 1.26. The Morgan fingerprint density at radius 2 is 1.72 bits per heavy atom. The number of hydrogen-bond donors (Lipinski definition) is 0. The van der Waals surface area contributed by atoms with E-state index < -0.39 is 16.9 Å². The maximum absolute atomic E-state index is 12.9. The van der Waals surface area contributed by atoms with Gasteiger partial charge in [0.05, 0.1) is 17.7 Å². The molecule has 2 aromatic rings. The summed E-state index contributed by atoms with van der Waals surface area (Å²) in [6, 6.07) is 14.0. The predicted molar refractivity (Wildman–Crippen MR) is 118 cm³/mol. The minimum Gasteiger partial charge on any atom is -0.462 e. The second kappa shape index (κ2) is 7.78. The molecule has 164 valence electrons. The average molecular weight is 451 g/mol. The number of imide groups is 1. The van der Waals surface area contributed by atoms with Gasteiger partial charge in [-0.15, -0.1) is 11.8 Å². The van der Waals surface area contributed by atoms with Crippen molar-refractivity contribution in [1.82, 2.24) is 9.80 Å². The molecule has 3 amide bonds. The summed E-state index contributed by atoms with van der Waals surface area (Å²) in [6.07, 6.45) is 1.04. The van der Waals surface area contributed by atoms with Crippen molar-refractivity contribution in [2.75, 3.05) is 18.9 Å². The molecule has 8 heteroatoms. The maximum atomic E-state index is 12.9. The van der Waals surface area contributed by atoms with Crippen LogP contribution in [0.15, 0.2) is 48.5 Å². The fourth-order valence-electron chi connectivity index (χ4n) is 4.71. The molecule has 7 nitrogen and oxygen atoms in total. The van der Waals surface area contributed by atoms with Gasteiger partial charge in [0.2, 0.25) is 5.91 Å². The van der Waals surface area contributed by atoms with Gasteiger partial charge in [0.1, 0.15) is 17.5 Å². The molecule has 0 bridgehead atoms. The molecule has 5 rings (SSSR count). The Hall–Kier alpha value is -3.13. The largest absolute Gasteiger partial charge is 0.462 e. The van der Waals surface area contributed by atoms with Crippen LogP contribution >= 0.6 is 11.8 Å². The second-order valence-electron chi connectivity index (χ2n) is 8.22. The molecule has 2 saturated heterocycles. The van der Waals surface area contributed by atoms with Gasteiger partial charge in [-0.3, -0.25) is 19.3 Å². The molecule has 2 fully saturated rings. The van der Waals surface area contributed by atoms with Crippen LogP contribution in [0.2, 0.25) is 0 Å². The van der Waals surface area contributed by atoms with Crippen molar-refractivity contribution in [2.45, 2.75) is 30.7 Å². The van der Waals surface area contributed by atoms with Crippen LogP contribution < -0.4 is 0 Å². The van der Waals surface area contributed by atoms with Gasteiger partial charge in [0, 0.05) is 12.2 Å². The Bertz CT molecular complexity index is 1100. The highest BCUT2D eigenvalue weighted by Gasteiger charge is 2.57. The van der Waals surface area contributed by atoms with Crippen LogP contribution in [0.5, 0.6) is 0 Å².